The lowest BCUT2D eigenvalue weighted by Gasteiger charge is -2.18. The zero-order valence-corrected chi connectivity index (χ0v) is 20.4. The fourth-order valence-electron chi connectivity index (χ4n) is 4.64. The van der Waals surface area contributed by atoms with Crippen LogP contribution in [0.3, 0.4) is 0 Å². The molecule has 0 aliphatic carbocycles. The topological polar surface area (TPSA) is 56.6 Å². The van der Waals surface area contributed by atoms with Gasteiger partial charge in [-0.05, 0) is 61.4 Å². The van der Waals surface area contributed by atoms with Gasteiger partial charge in [0.25, 0.3) is 0 Å². The summed E-state index contributed by atoms with van der Waals surface area (Å²) in [6.07, 6.45) is 2.30. The van der Waals surface area contributed by atoms with Crippen LogP contribution in [0.5, 0.6) is 11.5 Å². The second kappa shape index (κ2) is 10.4. The lowest BCUT2D eigenvalue weighted by molar-refractivity contribution is -0.117. The number of fused-ring (bicyclic) bond motifs is 1. The number of hydrogen-bond donors (Lipinski definition) is 0. The van der Waals surface area contributed by atoms with Crippen LogP contribution in [0.4, 0.5) is 5.69 Å². The molecule has 1 aliphatic heterocycles. The third kappa shape index (κ3) is 5.13. The first-order valence-corrected chi connectivity index (χ1v) is 12.3. The van der Waals surface area contributed by atoms with E-state index in [0.29, 0.717) is 24.6 Å². The van der Waals surface area contributed by atoms with E-state index < -0.39 is 0 Å². The summed E-state index contributed by atoms with van der Waals surface area (Å²) in [4.78, 5) is 19.8. The maximum absolute atomic E-state index is 13.0. The number of imidazole rings is 1. The summed E-state index contributed by atoms with van der Waals surface area (Å²) in [7, 11) is 1.64. The summed E-state index contributed by atoms with van der Waals surface area (Å²) in [6.45, 7) is 2.06. The normalized spacial score (nSPS) is 15.7. The predicted molar refractivity (Wildman–Crippen MR) is 139 cm³/mol. The van der Waals surface area contributed by atoms with Crippen LogP contribution in [0.2, 0.25) is 5.02 Å². The molecule has 5 rings (SSSR count). The van der Waals surface area contributed by atoms with Gasteiger partial charge in [-0.3, -0.25) is 4.79 Å². The number of methoxy groups -OCH3 is 1. The van der Waals surface area contributed by atoms with Gasteiger partial charge in [0, 0.05) is 42.2 Å². The van der Waals surface area contributed by atoms with Gasteiger partial charge in [0.2, 0.25) is 5.91 Å². The van der Waals surface area contributed by atoms with Crippen LogP contribution in [0.25, 0.3) is 11.0 Å². The molecule has 0 N–H and O–H groups in total. The molecule has 1 amide bonds. The van der Waals surface area contributed by atoms with Crippen LogP contribution >= 0.6 is 11.6 Å². The van der Waals surface area contributed by atoms with Crippen LogP contribution in [0, 0.1) is 0 Å². The zero-order valence-electron chi connectivity index (χ0n) is 19.7. The average Bonchev–Trinajstić information content (AvgIpc) is 3.45. The van der Waals surface area contributed by atoms with Crippen molar-refractivity contribution in [2.24, 2.45) is 0 Å². The molecular weight excluding hydrogens is 462 g/mol. The lowest BCUT2D eigenvalue weighted by Crippen LogP contribution is -2.24. The number of rotatable bonds is 9. The minimum absolute atomic E-state index is 0.0337. The monoisotopic (exact) mass is 489 g/mol. The second-order valence-corrected chi connectivity index (χ2v) is 9.16. The highest BCUT2D eigenvalue weighted by Gasteiger charge is 2.34. The summed E-state index contributed by atoms with van der Waals surface area (Å²) in [5, 5.41) is 0.701. The molecule has 0 radical (unpaired) electrons. The van der Waals surface area contributed by atoms with Crippen molar-refractivity contribution in [2.75, 3.05) is 25.2 Å². The highest BCUT2D eigenvalue weighted by molar-refractivity contribution is 6.30. The Bertz CT molecular complexity index is 1320. The fourth-order valence-corrected chi connectivity index (χ4v) is 4.77. The predicted octanol–water partition coefficient (Wildman–Crippen LogP) is 6.08. The lowest BCUT2D eigenvalue weighted by atomic mass is 10.1. The number of benzene rings is 3. The summed E-state index contributed by atoms with van der Waals surface area (Å²) in [5.74, 6) is 2.69. The van der Waals surface area contributed by atoms with Crippen molar-refractivity contribution in [3.63, 3.8) is 0 Å². The van der Waals surface area contributed by atoms with Crippen LogP contribution in [-0.4, -0.2) is 35.7 Å². The molecule has 3 aromatic carbocycles. The number of aryl methyl sites for hydroxylation is 1. The van der Waals surface area contributed by atoms with Gasteiger partial charge in [0.15, 0.2) is 0 Å². The Labute approximate surface area is 210 Å². The van der Waals surface area contributed by atoms with E-state index in [1.807, 2.05) is 71.6 Å². The van der Waals surface area contributed by atoms with Crippen LogP contribution < -0.4 is 14.4 Å². The number of halogens is 1. The Hall–Kier alpha value is -3.51. The van der Waals surface area contributed by atoms with Gasteiger partial charge < -0.3 is 18.9 Å². The van der Waals surface area contributed by atoms with Gasteiger partial charge in [-0.15, -0.1) is 0 Å². The number of carbonyl (C=O) groups is 1. The molecule has 1 fully saturated rings. The van der Waals surface area contributed by atoms with Crippen LogP contribution in [0.1, 0.15) is 31.0 Å². The molecule has 0 spiro atoms. The van der Waals surface area contributed by atoms with Gasteiger partial charge in [0.05, 0.1) is 24.8 Å². The summed E-state index contributed by atoms with van der Waals surface area (Å²) >= 11 is 5.94. The minimum atomic E-state index is 0.0337. The van der Waals surface area contributed by atoms with Crippen molar-refractivity contribution in [1.29, 1.82) is 0 Å². The second-order valence-electron chi connectivity index (χ2n) is 8.73. The number of anilines is 1. The molecule has 35 heavy (non-hydrogen) atoms. The molecule has 0 unspecified atom stereocenters. The number of unbranched alkanes of at least 4 members (excludes halogenated alkanes) is 1. The van der Waals surface area contributed by atoms with Crippen LogP contribution in [0.15, 0.2) is 72.8 Å². The van der Waals surface area contributed by atoms with Crippen molar-refractivity contribution in [2.45, 2.75) is 31.7 Å². The molecule has 2 heterocycles. The zero-order chi connectivity index (χ0) is 24.2. The number of amides is 1. The summed E-state index contributed by atoms with van der Waals surface area (Å²) < 4.78 is 13.5. The average molecular weight is 490 g/mol. The van der Waals surface area contributed by atoms with E-state index in [1.165, 1.54) is 0 Å². The maximum atomic E-state index is 13.0. The fraction of sp³-hybridized carbons (Fsp3) is 0.286. The number of nitrogens with zero attached hydrogens (tertiary/aromatic N) is 3. The smallest absolute Gasteiger partial charge is 0.227 e. The van der Waals surface area contributed by atoms with Gasteiger partial charge in [-0.25, -0.2) is 4.98 Å². The van der Waals surface area contributed by atoms with E-state index in [4.69, 9.17) is 26.1 Å². The largest absolute Gasteiger partial charge is 0.497 e. The first-order chi connectivity index (χ1) is 17.1. The highest BCUT2D eigenvalue weighted by atomic mass is 35.5. The van der Waals surface area contributed by atoms with Gasteiger partial charge >= 0.3 is 0 Å². The molecule has 6 nitrogen and oxygen atoms in total. The number of aromatic nitrogens is 2. The molecule has 4 aromatic rings. The van der Waals surface area contributed by atoms with E-state index in [1.54, 1.807) is 7.11 Å². The van der Waals surface area contributed by atoms with Crippen molar-refractivity contribution in [1.82, 2.24) is 9.55 Å². The summed E-state index contributed by atoms with van der Waals surface area (Å²) in [6, 6.07) is 23.3. The Morgan fingerprint density at radius 2 is 1.83 bits per heavy atom. The first kappa shape index (κ1) is 23.2. The Morgan fingerprint density at radius 3 is 2.66 bits per heavy atom. The van der Waals surface area contributed by atoms with E-state index >= 15 is 0 Å². The number of carbonyl (C=O) groups excluding carboxylic acids is 1. The maximum Gasteiger partial charge on any atom is 0.227 e. The molecule has 7 heteroatoms. The number of hydrogen-bond acceptors (Lipinski definition) is 4. The Balaban J connectivity index is 1.29. The molecule has 0 bridgehead atoms. The molecule has 0 saturated carbocycles. The van der Waals surface area contributed by atoms with Gasteiger partial charge in [-0.2, -0.15) is 0 Å². The molecule has 1 aliphatic rings. The highest BCUT2D eigenvalue weighted by Crippen LogP contribution is 2.34. The van der Waals surface area contributed by atoms with Crippen molar-refractivity contribution in [3.8, 4) is 11.5 Å². The molecular formula is C28H28ClN3O3. The number of para-hydroxylation sites is 2. The van der Waals surface area contributed by atoms with E-state index in [2.05, 4.69) is 10.6 Å². The molecule has 1 atom stereocenters. The Kier molecular flexibility index (Phi) is 6.91. The summed E-state index contributed by atoms with van der Waals surface area (Å²) in [5.41, 5.74) is 2.93. The van der Waals surface area contributed by atoms with Crippen molar-refractivity contribution in [3.05, 3.63) is 83.6 Å². The van der Waals surface area contributed by atoms with Gasteiger partial charge in [0.1, 0.15) is 17.3 Å². The van der Waals surface area contributed by atoms with Crippen LogP contribution in [-0.2, 0) is 11.3 Å². The third-order valence-electron chi connectivity index (χ3n) is 6.40. The Morgan fingerprint density at radius 1 is 1.00 bits per heavy atom. The SMILES string of the molecule is COc1cccc(N2C[C@@H](c3nc4ccccc4n3CCCCOc3ccc(Cl)cc3)CC2=O)c1. The standard InChI is InChI=1S/C28H28ClN3O3/c1-34-24-8-6-7-22(18-24)32-19-20(17-27(32)33)28-30-25-9-2-3-10-26(25)31(28)15-4-5-16-35-23-13-11-21(29)12-14-23/h2-3,6-14,18,20H,4-5,15-17,19H2,1H3/t20-/m0/s1. The molecule has 1 aromatic heterocycles. The molecule has 180 valence electrons. The van der Waals surface area contributed by atoms with E-state index in [0.717, 1.165) is 53.4 Å². The van der Waals surface area contributed by atoms with Gasteiger partial charge in [-0.1, -0.05) is 29.8 Å². The van der Waals surface area contributed by atoms with E-state index in [-0.39, 0.29) is 11.8 Å². The number of ether oxygens (including phenoxy) is 2. The molecule has 1 saturated heterocycles. The first-order valence-electron chi connectivity index (χ1n) is 11.9. The quantitative estimate of drug-likeness (QED) is 0.267. The third-order valence-corrected chi connectivity index (χ3v) is 6.65. The van der Waals surface area contributed by atoms with Crippen molar-refractivity contribution >= 4 is 34.2 Å². The van der Waals surface area contributed by atoms with E-state index in [9.17, 15) is 4.79 Å². The van der Waals surface area contributed by atoms with Crippen molar-refractivity contribution < 1.29 is 14.3 Å². The minimum Gasteiger partial charge on any atom is -0.497 e.